The van der Waals surface area contributed by atoms with Gasteiger partial charge in [0.25, 0.3) is 0 Å². The molecule has 0 aromatic carbocycles. The fourth-order valence-electron chi connectivity index (χ4n) is 1.62. The van der Waals surface area contributed by atoms with E-state index in [1.807, 2.05) is 14.1 Å². The Morgan fingerprint density at radius 3 is 2.68 bits per heavy atom. The van der Waals surface area contributed by atoms with Crippen molar-refractivity contribution in [1.29, 1.82) is 0 Å². The fraction of sp³-hybridized carbons (Fsp3) is 0.500. The van der Waals surface area contributed by atoms with Crippen LogP contribution in [0.2, 0.25) is 0 Å². The number of aromatic nitrogens is 5. The van der Waals surface area contributed by atoms with Gasteiger partial charge in [0.2, 0.25) is 5.95 Å². The molecule has 2 heterocycles. The number of aliphatic hydroxyl groups is 2. The summed E-state index contributed by atoms with van der Waals surface area (Å²) in [5.41, 5.74) is 0. The molecule has 2 rings (SSSR count). The van der Waals surface area contributed by atoms with Gasteiger partial charge in [-0.2, -0.15) is 14.3 Å². The molecule has 0 aliphatic rings. The highest BCUT2D eigenvalue weighted by Gasteiger charge is 2.12. The van der Waals surface area contributed by atoms with Crippen LogP contribution in [0.4, 0.5) is 10.7 Å². The van der Waals surface area contributed by atoms with Crippen LogP contribution < -0.4 is 10.2 Å². The Kier molecular flexibility index (Phi) is 5.07. The van der Waals surface area contributed by atoms with E-state index in [4.69, 9.17) is 10.2 Å². The van der Waals surface area contributed by atoms with Crippen LogP contribution in [-0.4, -0.2) is 74.6 Å². The highest BCUT2D eigenvalue weighted by molar-refractivity contribution is 5.75. The lowest BCUT2D eigenvalue weighted by molar-refractivity contribution is 0.149. The van der Waals surface area contributed by atoms with E-state index in [2.05, 4.69) is 20.5 Å². The maximum atomic E-state index is 11.9. The Morgan fingerprint density at radius 2 is 2.09 bits per heavy atom. The van der Waals surface area contributed by atoms with Crippen LogP contribution in [0.25, 0.3) is 5.82 Å². The Hall–Kier alpha value is -2.46. The number of hydrogen-bond donors (Lipinski definition) is 3. The van der Waals surface area contributed by atoms with Crippen LogP contribution in [0.3, 0.4) is 0 Å². The number of rotatable bonds is 6. The number of hydrogen-bond acceptors (Lipinski definition) is 7. The summed E-state index contributed by atoms with van der Waals surface area (Å²) in [4.78, 5) is 17.8. The lowest BCUT2D eigenvalue weighted by Crippen LogP contribution is -2.35. The Morgan fingerprint density at radius 1 is 1.36 bits per heavy atom. The summed E-state index contributed by atoms with van der Waals surface area (Å²) in [5.74, 6) is 0.598. The van der Waals surface area contributed by atoms with Crippen LogP contribution in [-0.2, 0) is 0 Å². The molecule has 0 unspecified atom stereocenters. The maximum Gasteiger partial charge on any atom is 0.342 e. The van der Waals surface area contributed by atoms with Crippen molar-refractivity contribution in [2.24, 2.45) is 5.92 Å². The Bertz CT molecular complexity index is 618. The monoisotopic (exact) mass is 309 g/mol. The van der Waals surface area contributed by atoms with E-state index in [0.29, 0.717) is 11.8 Å². The second-order valence-corrected chi connectivity index (χ2v) is 4.92. The molecule has 0 spiro atoms. The zero-order valence-corrected chi connectivity index (χ0v) is 12.4. The average molecular weight is 309 g/mol. The zero-order chi connectivity index (χ0) is 16.1. The normalized spacial score (nSPS) is 11.0. The van der Waals surface area contributed by atoms with Gasteiger partial charge < -0.3 is 20.4 Å². The summed E-state index contributed by atoms with van der Waals surface area (Å²) in [6.45, 7) is -0.240. The van der Waals surface area contributed by atoms with Gasteiger partial charge in [-0.3, -0.25) is 0 Å². The summed E-state index contributed by atoms with van der Waals surface area (Å²) in [7, 11) is 3.65. The molecular weight excluding hydrogens is 290 g/mol. The summed E-state index contributed by atoms with van der Waals surface area (Å²) in [6.07, 6.45) is 3.00. The first-order valence-corrected chi connectivity index (χ1v) is 6.70. The number of carbonyl (C=O) groups is 1. The van der Waals surface area contributed by atoms with Gasteiger partial charge in [0.1, 0.15) is 6.33 Å². The van der Waals surface area contributed by atoms with Gasteiger partial charge in [0.15, 0.2) is 5.82 Å². The highest BCUT2D eigenvalue weighted by Crippen LogP contribution is 2.06. The lowest BCUT2D eigenvalue weighted by Gasteiger charge is -2.11. The van der Waals surface area contributed by atoms with Crippen LogP contribution >= 0.6 is 0 Å². The third-order valence-electron chi connectivity index (χ3n) is 2.96. The number of nitrogens with zero attached hydrogens (tertiary/aromatic N) is 6. The average Bonchev–Trinajstić information content (AvgIpc) is 3.17. The van der Waals surface area contributed by atoms with Crippen LogP contribution in [0.1, 0.15) is 0 Å². The van der Waals surface area contributed by atoms with Gasteiger partial charge in [0.05, 0.1) is 0 Å². The molecule has 10 heteroatoms. The van der Waals surface area contributed by atoms with E-state index < -0.39 is 11.9 Å². The molecule has 0 aliphatic heterocycles. The van der Waals surface area contributed by atoms with E-state index in [0.717, 1.165) is 4.68 Å². The van der Waals surface area contributed by atoms with E-state index >= 15 is 0 Å². The fourth-order valence-corrected chi connectivity index (χ4v) is 1.62. The summed E-state index contributed by atoms with van der Waals surface area (Å²) >= 11 is 0. The van der Waals surface area contributed by atoms with Gasteiger partial charge in [-0.1, -0.05) is 0 Å². The SMILES string of the molecule is CN(C)c1ncn(-c2ccn(C(=O)NCC(CO)CO)n2)n1. The van der Waals surface area contributed by atoms with Crippen molar-refractivity contribution in [2.45, 2.75) is 0 Å². The van der Waals surface area contributed by atoms with Crippen molar-refractivity contribution in [3.05, 3.63) is 18.6 Å². The third-order valence-corrected chi connectivity index (χ3v) is 2.96. The second kappa shape index (κ2) is 7.00. The number of aliphatic hydroxyl groups excluding tert-OH is 2. The minimum absolute atomic E-state index is 0.162. The molecule has 2 aromatic heterocycles. The number of anilines is 1. The topological polar surface area (TPSA) is 121 Å². The number of nitrogens with one attached hydrogen (secondary N) is 1. The third kappa shape index (κ3) is 3.59. The molecule has 10 nitrogen and oxygen atoms in total. The molecule has 1 amide bonds. The minimum Gasteiger partial charge on any atom is -0.396 e. The van der Waals surface area contributed by atoms with Crippen molar-refractivity contribution in [3.8, 4) is 5.82 Å². The van der Waals surface area contributed by atoms with Crippen molar-refractivity contribution in [1.82, 2.24) is 29.9 Å². The van der Waals surface area contributed by atoms with Gasteiger partial charge in [-0.25, -0.2) is 4.79 Å². The molecule has 22 heavy (non-hydrogen) atoms. The molecule has 2 aromatic rings. The van der Waals surface area contributed by atoms with Crippen LogP contribution in [0, 0.1) is 5.92 Å². The smallest absolute Gasteiger partial charge is 0.342 e. The molecular formula is C12H19N7O3. The predicted molar refractivity (Wildman–Crippen MR) is 77.9 cm³/mol. The van der Waals surface area contributed by atoms with Crippen molar-refractivity contribution >= 4 is 12.0 Å². The molecule has 0 radical (unpaired) electrons. The number of carbonyl (C=O) groups excluding carboxylic acids is 1. The van der Waals surface area contributed by atoms with E-state index in [-0.39, 0.29) is 19.8 Å². The summed E-state index contributed by atoms with van der Waals surface area (Å²) < 4.78 is 2.58. The molecule has 120 valence electrons. The minimum atomic E-state index is -0.453. The van der Waals surface area contributed by atoms with E-state index in [1.165, 1.54) is 17.2 Å². The molecule has 0 fully saturated rings. The van der Waals surface area contributed by atoms with Crippen LogP contribution in [0.5, 0.6) is 0 Å². The van der Waals surface area contributed by atoms with Crippen molar-refractivity contribution in [3.63, 3.8) is 0 Å². The van der Waals surface area contributed by atoms with Gasteiger partial charge in [0, 0.05) is 52.0 Å². The zero-order valence-electron chi connectivity index (χ0n) is 12.4. The molecule has 0 saturated carbocycles. The van der Waals surface area contributed by atoms with E-state index in [9.17, 15) is 4.79 Å². The van der Waals surface area contributed by atoms with Crippen molar-refractivity contribution < 1.29 is 15.0 Å². The first kappa shape index (κ1) is 15.9. The standard InChI is InChI=1S/C12H19N7O3/c1-17(2)11-14-8-19(16-11)10-3-4-18(15-10)12(22)13-5-9(6-20)7-21/h3-4,8-9,20-21H,5-7H2,1-2H3,(H,13,22). The summed E-state index contributed by atoms with van der Waals surface area (Å²) in [6, 6.07) is 1.18. The van der Waals surface area contributed by atoms with Gasteiger partial charge in [-0.05, 0) is 0 Å². The summed E-state index contributed by atoms with van der Waals surface area (Å²) in [5, 5.41) is 28.8. The van der Waals surface area contributed by atoms with Gasteiger partial charge >= 0.3 is 6.03 Å². The molecule has 3 N–H and O–H groups in total. The van der Waals surface area contributed by atoms with Gasteiger partial charge in [-0.15, -0.1) is 10.2 Å². The number of amides is 1. The largest absolute Gasteiger partial charge is 0.396 e. The molecule has 0 bridgehead atoms. The first-order chi connectivity index (χ1) is 10.5. The highest BCUT2D eigenvalue weighted by atomic mass is 16.3. The predicted octanol–water partition coefficient (Wildman–Crippen LogP) is -1.31. The quantitative estimate of drug-likeness (QED) is 0.605. The van der Waals surface area contributed by atoms with Crippen LogP contribution in [0.15, 0.2) is 18.6 Å². The Balaban J connectivity index is 2.02. The molecule has 0 saturated heterocycles. The second-order valence-electron chi connectivity index (χ2n) is 4.92. The Labute approximate surface area is 127 Å². The first-order valence-electron chi connectivity index (χ1n) is 6.70. The lowest BCUT2D eigenvalue weighted by atomic mass is 10.2. The maximum absolute atomic E-state index is 11.9. The van der Waals surface area contributed by atoms with E-state index in [1.54, 1.807) is 11.0 Å². The van der Waals surface area contributed by atoms with Crippen molar-refractivity contribution in [2.75, 3.05) is 38.8 Å². The molecule has 0 atom stereocenters. The molecule has 0 aliphatic carbocycles.